The Bertz CT molecular complexity index is 593. The molecule has 0 aliphatic carbocycles. The lowest BCUT2D eigenvalue weighted by Gasteiger charge is -2.10. The van der Waals surface area contributed by atoms with Crippen molar-refractivity contribution < 1.29 is 4.79 Å². The summed E-state index contributed by atoms with van der Waals surface area (Å²) in [4.78, 5) is 17.0. The van der Waals surface area contributed by atoms with Gasteiger partial charge in [0.05, 0.1) is 6.20 Å². The highest BCUT2D eigenvalue weighted by molar-refractivity contribution is 5.61. The predicted octanol–water partition coefficient (Wildman–Crippen LogP) is 1.43. The minimum Gasteiger partial charge on any atom is -0.345 e. The summed E-state index contributed by atoms with van der Waals surface area (Å²) in [5.41, 5.74) is 3.28. The normalized spacial score (nSPS) is 18.8. The highest BCUT2D eigenvalue weighted by Gasteiger charge is 2.23. The van der Waals surface area contributed by atoms with Crippen LogP contribution in [0.25, 0.3) is 11.1 Å². The average molecular weight is 256 g/mol. The fraction of sp³-hybridized carbons (Fsp3) is 0.357. The maximum atomic E-state index is 10.8. The average Bonchev–Trinajstić information content (AvgIpc) is 3.07. The second-order valence-electron chi connectivity index (χ2n) is 4.96. The molecule has 1 saturated heterocycles. The highest BCUT2D eigenvalue weighted by atomic mass is 16.1. The lowest BCUT2D eigenvalue weighted by atomic mass is 10.0. The number of aryl methyl sites for hydroxylation is 1. The second-order valence-corrected chi connectivity index (χ2v) is 4.96. The molecule has 98 valence electrons. The minimum absolute atomic E-state index is 0.349. The van der Waals surface area contributed by atoms with E-state index in [0.29, 0.717) is 5.92 Å². The molecular formula is C14H16N4O. The summed E-state index contributed by atoms with van der Waals surface area (Å²) in [6, 6.07) is 4.10. The van der Waals surface area contributed by atoms with Crippen molar-refractivity contribution in [2.45, 2.75) is 12.3 Å². The lowest BCUT2D eigenvalue weighted by Crippen LogP contribution is -2.17. The van der Waals surface area contributed by atoms with E-state index in [0.717, 1.165) is 42.7 Å². The summed E-state index contributed by atoms with van der Waals surface area (Å²) >= 11 is 0. The van der Waals surface area contributed by atoms with E-state index in [4.69, 9.17) is 0 Å². The second kappa shape index (κ2) is 4.84. The number of hydrogen-bond donors (Lipinski definition) is 0. The van der Waals surface area contributed by atoms with Crippen molar-refractivity contribution in [3.8, 4) is 11.1 Å². The van der Waals surface area contributed by atoms with E-state index < -0.39 is 0 Å². The van der Waals surface area contributed by atoms with Gasteiger partial charge in [0.15, 0.2) is 0 Å². The Labute approximate surface area is 111 Å². The number of amides is 1. The summed E-state index contributed by atoms with van der Waals surface area (Å²) in [5.74, 6) is 0.349. The zero-order valence-electron chi connectivity index (χ0n) is 10.9. The molecule has 0 N–H and O–H groups in total. The molecule has 1 unspecified atom stereocenters. The van der Waals surface area contributed by atoms with Crippen LogP contribution in [0.15, 0.2) is 30.7 Å². The van der Waals surface area contributed by atoms with Crippen LogP contribution in [0.2, 0.25) is 0 Å². The molecule has 2 aromatic rings. The Morgan fingerprint density at radius 2 is 2.32 bits per heavy atom. The molecule has 0 aromatic carbocycles. The van der Waals surface area contributed by atoms with Gasteiger partial charge in [-0.3, -0.25) is 14.5 Å². The van der Waals surface area contributed by atoms with Crippen LogP contribution in [0.3, 0.4) is 0 Å². The molecule has 0 spiro atoms. The van der Waals surface area contributed by atoms with Gasteiger partial charge in [-0.15, -0.1) is 0 Å². The largest absolute Gasteiger partial charge is 0.345 e. The number of carbonyl (C=O) groups is 1. The van der Waals surface area contributed by atoms with Gasteiger partial charge in [-0.05, 0) is 24.1 Å². The first-order chi connectivity index (χ1) is 9.26. The fourth-order valence-electron chi connectivity index (χ4n) is 2.55. The number of hydrogen-bond acceptors (Lipinski definition) is 3. The fourth-order valence-corrected chi connectivity index (χ4v) is 2.55. The molecule has 1 atom stereocenters. The number of carbonyl (C=O) groups excluding carboxylic acids is 1. The summed E-state index contributed by atoms with van der Waals surface area (Å²) in [5, 5.41) is 4.19. The van der Waals surface area contributed by atoms with Crippen LogP contribution in [0, 0.1) is 0 Å². The van der Waals surface area contributed by atoms with Gasteiger partial charge in [0.1, 0.15) is 0 Å². The number of rotatable bonds is 3. The van der Waals surface area contributed by atoms with Crippen LogP contribution in [-0.4, -0.2) is 39.2 Å². The van der Waals surface area contributed by atoms with Gasteiger partial charge in [-0.1, -0.05) is 0 Å². The quantitative estimate of drug-likeness (QED) is 0.781. The van der Waals surface area contributed by atoms with E-state index >= 15 is 0 Å². The number of aromatic nitrogens is 3. The lowest BCUT2D eigenvalue weighted by molar-refractivity contribution is -0.117. The van der Waals surface area contributed by atoms with E-state index in [1.807, 2.05) is 36.6 Å². The van der Waals surface area contributed by atoms with Crippen molar-refractivity contribution in [1.82, 2.24) is 19.7 Å². The van der Waals surface area contributed by atoms with E-state index in [1.54, 1.807) is 4.68 Å². The van der Waals surface area contributed by atoms with Crippen LogP contribution in [0.1, 0.15) is 18.0 Å². The highest BCUT2D eigenvalue weighted by Crippen LogP contribution is 2.27. The Hall–Kier alpha value is -2.17. The van der Waals surface area contributed by atoms with Gasteiger partial charge < -0.3 is 4.90 Å². The first kappa shape index (κ1) is 11.9. The molecule has 0 bridgehead atoms. The van der Waals surface area contributed by atoms with E-state index in [9.17, 15) is 4.79 Å². The van der Waals surface area contributed by atoms with Gasteiger partial charge in [-0.25, -0.2) is 0 Å². The van der Waals surface area contributed by atoms with Crippen molar-refractivity contribution in [2.24, 2.45) is 7.05 Å². The number of nitrogens with zero attached hydrogens (tertiary/aromatic N) is 4. The maximum Gasteiger partial charge on any atom is 0.209 e. The smallest absolute Gasteiger partial charge is 0.209 e. The van der Waals surface area contributed by atoms with Crippen LogP contribution in [0.5, 0.6) is 0 Å². The first-order valence-electron chi connectivity index (χ1n) is 6.40. The molecule has 19 heavy (non-hydrogen) atoms. The third-order valence-corrected chi connectivity index (χ3v) is 3.61. The zero-order chi connectivity index (χ0) is 13.2. The number of likely N-dealkylation sites (tertiary alicyclic amines) is 1. The molecule has 1 fully saturated rings. The first-order valence-corrected chi connectivity index (χ1v) is 6.40. The Morgan fingerprint density at radius 3 is 3.00 bits per heavy atom. The van der Waals surface area contributed by atoms with Crippen LogP contribution in [-0.2, 0) is 11.8 Å². The molecule has 1 aliphatic heterocycles. The van der Waals surface area contributed by atoms with Crippen molar-refractivity contribution in [2.75, 3.05) is 13.1 Å². The molecule has 1 aliphatic rings. The van der Waals surface area contributed by atoms with Crippen LogP contribution >= 0.6 is 0 Å². The van der Waals surface area contributed by atoms with E-state index in [1.165, 1.54) is 0 Å². The summed E-state index contributed by atoms with van der Waals surface area (Å²) < 4.78 is 1.79. The standard InChI is InChI=1S/C14H16N4O/c1-17-8-13(7-16-17)11-2-4-15-14(6-11)12-3-5-18(9-12)10-19/h2,4,6-8,10,12H,3,5,9H2,1H3. The van der Waals surface area contributed by atoms with Crippen molar-refractivity contribution in [3.63, 3.8) is 0 Å². The predicted molar refractivity (Wildman–Crippen MR) is 71.4 cm³/mol. The number of pyridine rings is 1. The SMILES string of the molecule is Cn1cc(-c2ccnc(C3CCN(C=O)C3)c2)cn1. The molecule has 3 heterocycles. The summed E-state index contributed by atoms with van der Waals surface area (Å²) in [6.45, 7) is 1.60. The van der Waals surface area contributed by atoms with E-state index in [2.05, 4.69) is 16.1 Å². The molecule has 0 saturated carbocycles. The Balaban J connectivity index is 1.86. The Morgan fingerprint density at radius 1 is 1.42 bits per heavy atom. The maximum absolute atomic E-state index is 10.8. The van der Waals surface area contributed by atoms with Crippen molar-refractivity contribution >= 4 is 6.41 Å². The van der Waals surface area contributed by atoms with E-state index in [-0.39, 0.29) is 0 Å². The zero-order valence-corrected chi connectivity index (χ0v) is 10.9. The van der Waals surface area contributed by atoms with Gasteiger partial charge in [-0.2, -0.15) is 5.10 Å². The monoisotopic (exact) mass is 256 g/mol. The van der Waals surface area contributed by atoms with Gasteiger partial charge in [0, 0.05) is 49.7 Å². The van der Waals surface area contributed by atoms with Crippen molar-refractivity contribution in [3.05, 3.63) is 36.4 Å². The molecule has 0 radical (unpaired) electrons. The molecular weight excluding hydrogens is 240 g/mol. The topological polar surface area (TPSA) is 51.0 Å². The Kier molecular flexibility index (Phi) is 3.03. The molecule has 5 heteroatoms. The minimum atomic E-state index is 0.349. The molecule has 5 nitrogen and oxygen atoms in total. The summed E-state index contributed by atoms with van der Waals surface area (Å²) in [7, 11) is 1.91. The van der Waals surface area contributed by atoms with Gasteiger partial charge >= 0.3 is 0 Å². The third kappa shape index (κ3) is 2.36. The van der Waals surface area contributed by atoms with Gasteiger partial charge in [0.2, 0.25) is 6.41 Å². The van der Waals surface area contributed by atoms with Crippen molar-refractivity contribution in [1.29, 1.82) is 0 Å². The van der Waals surface area contributed by atoms with Crippen LogP contribution in [0.4, 0.5) is 0 Å². The van der Waals surface area contributed by atoms with Crippen LogP contribution < -0.4 is 0 Å². The summed E-state index contributed by atoms with van der Waals surface area (Å²) in [6.07, 6.45) is 7.59. The third-order valence-electron chi connectivity index (χ3n) is 3.61. The van der Waals surface area contributed by atoms with Gasteiger partial charge in [0.25, 0.3) is 0 Å². The molecule has 2 aromatic heterocycles. The molecule has 1 amide bonds. The molecule has 3 rings (SSSR count).